The van der Waals surface area contributed by atoms with Gasteiger partial charge in [-0.25, -0.2) is 25.6 Å². The summed E-state index contributed by atoms with van der Waals surface area (Å²) in [6.07, 6.45) is 0. The molecule has 0 saturated carbocycles. The van der Waals surface area contributed by atoms with Gasteiger partial charge in [-0.3, -0.25) is 4.79 Å². The molecule has 14 heteroatoms. The summed E-state index contributed by atoms with van der Waals surface area (Å²) >= 11 is 0. The van der Waals surface area contributed by atoms with Gasteiger partial charge in [0.2, 0.25) is 10.0 Å². The van der Waals surface area contributed by atoms with Crippen molar-refractivity contribution in [1.82, 2.24) is 0 Å². The van der Waals surface area contributed by atoms with Crippen LogP contribution in [0.3, 0.4) is 0 Å². The van der Waals surface area contributed by atoms with E-state index in [1.54, 1.807) is 0 Å². The van der Waals surface area contributed by atoms with Crippen LogP contribution in [0.5, 0.6) is 0 Å². The lowest BCUT2D eigenvalue weighted by Crippen LogP contribution is -2.66. The summed E-state index contributed by atoms with van der Waals surface area (Å²) in [7, 11) is -10.1. The van der Waals surface area contributed by atoms with Crippen LogP contribution in [0.1, 0.15) is 112 Å². The molecule has 10 nitrogen and oxygen atoms in total. The Morgan fingerprint density at radius 2 is 0.958 bits per heavy atom. The predicted octanol–water partition coefficient (Wildman–Crippen LogP) is 5.90. The van der Waals surface area contributed by atoms with Gasteiger partial charge in [0.1, 0.15) is 26.8 Å². The van der Waals surface area contributed by atoms with Crippen molar-refractivity contribution in [3.63, 3.8) is 0 Å². The topological polar surface area (TPSA) is 192 Å². The number of halogens is 2. The summed E-state index contributed by atoms with van der Waals surface area (Å²) in [6.45, 7) is 22.5. The Bertz CT molecular complexity index is 1470. The van der Waals surface area contributed by atoms with Gasteiger partial charge in [0.05, 0.1) is 6.61 Å². The Morgan fingerprint density at radius 1 is 0.708 bits per heavy atom. The third kappa shape index (κ3) is 8.27. The number of hydrogen-bond donors (Lipinski definition) is 1. The van der Waals surface area contributed by atoms with E-state index in [-0.39, 0.29) is 27.1 Å². The van der Waals surface area contributed by atoms with E-state index < -0.39 is 49.4 Å². The molecule has 0 saturated heterocycles. The SMILES string of the molecule is CC.CC.CC(=O)OCC(C)(F)S(=O)(=O)[O-].CC(F)(CO)S(=O)(=O)[O-].CC12c3ccccc3C(C)(c3ccccc31)C(C)(C)C2(C)C.O. The molecule has 2 aromatic rings. The molecule has 0 spiro atoms. The van der Waals surface area contributed by atoms with Crippen LogP contribution in [-0.2, 0) is 40.6 Å². The summed E-state index contributed by atoms with van der Waals surface area (Å²) in [6, 6.07) is 18.3. The minimum atomic E-state index is -5.09. The summed E-state index contributed by atoms with van der Waals surface area (Å²) in [4.78, 5) is 10.1. The molecule has 2 bridgehead atoms. The molecule has 3 aliphatic carbocycles. The maximum atomic E-state index is 12.8. The molecule has 3 aliphatic rings. The highest BCUT2D eigenvalue weighted by Gasteiger charge is 2.69. The van der Waals surface area contributed by atoms with Crippen LogP contribution in [0.15, 0.2) is 48.5 Å². The van der Waals surface area contributed by atoms with Crippen molar-refractivity contribution in [1.29, 1.82) is 0 Å². The van der Waals surface area contributed by atoms with Gasteiger partial charge in [0.25, 0.3) is 0 Å². The van der Waals surface area contributed by atoms with Gasteiger partial charge in [0, 0.05) is 17.8 Å². The number of carbonyl (C=O) groups is 1. The molecule has 5 rings (SSSR count). The van der Waals surface area contributed by atoms with E-state index in [1.165, 1.54) is 22.3 Å². The minimum absolute atomic E-state index is 0. The van der Waals surface area contributed by atoms with Gasteiger partial charge in [0.15, 0.2) is 0 Å². The van der Waals surface area contributed by atoms with Crippen LogP contribution in [0.4, 0.5) is 8.78 Å². The van der Waals surface area contributed by atoms with Crippen molar-refractivity contribution >= 4 is 26.2 Å². The third-order valence-electron chi connectivity index (χ3n) is 9.93. The second-order valence-electron chi connectivity index (χ2n) is 12.6. The molecule has 0 fully saturated rings. The van der Waals surface area contributed by atoms with Gasteiger partial charge in [-0.05, 0) is 46.9 Å². The lowest BCUT2D eigenvalue weighted by molar-refractivity contribution is -0.143. The second-order valence-corrected chi connectivity index (χ2v) is 16.2. The van der Waals surface area contributed by atoms with E-state index in [0.717, 1.165) is 6.92 Å². The molecule has 2 unspecified atom stereocenters. The number of benzene rings is 2. The molecule has 3 N–H and O–H groups in total. The third-order valence-corrected chi connectivity index (χ3v) is 12.3. The number of fused-ring (bicyclic) bond motifs is 1. The van der Waals surface area contributed by atoms with Gasteiger partial charge in [-0.2, -0.15) is 0 Å². The second kappa shape index (κ2) is 16.5. The fourth-order valence-corrected chi connectivity index (χ4v) is 6.34. The van der Waals surface area contributed by atoms with Crippen molar-refractivity contribution in [2.45, 2.75) is 111 Å². The fourth-order valence-electron chi connectivity index (χ4n) is 5.98. The zero-order valence-corrected chi connectivity index (χ0v) is 32.0. The van der Waals surface area contributed by atoms with Crippen LogP contribution in [-0.4, -0.2) is 65.7 Å². The molecule has 48 heavy (non-hydrogen) atoms. The zero-order valence-electron chi connectivity index (χ0n) is 30.3. The molecule has 0 radical (unpaired) electrons. The van der Waals surface area contributed by atoms with E-state index in [2.05, 4.69) is 94.8 Å². The van der Waals surface area contributed by atoms with E-state index in [1.807, 2.05) is 27.7 Å². The lowest BCUT2D eigenvalue weighted by Gasteiger charge is -2.70. The Morgan fingerprint density at radius 3 is 1.12 bits per heavy atom. The predicted molar refractivity (Wildman–Crippen MR) is 182 cm³/mol. The summed E-state index contributed by atoms with van der Waals surface area (Å²) in [5.41, 5.74) is 6.58. The Labute approximate surface area is 286 Å². The highest BCUT2D eigenvalue weighted by Crippen LogP contribution is 2.73. The van der Waals surface area contributed by atoms with Crippen LogP contribution >= 0.6 is 0 Å². The van der Waals surface area contributed by atoms with Gasteiger partial charge in [-0.15, -0.1) is 0 Å². The molecular formula is C34H54F2O10S2-2. The largest absolute Gasteiger partial charge is 0.745 e. The maximum Gasteiger partial charge on any atom is 0.302 e. The smallest absolute Gasteiger partial charge is 0.302 e. The van der Waals surface area contributed by atoms with E-state index in [9.17, 15) is 39.5 Å². The van der Waals surface area contributed by atoms with Crippen LogP contribution in [0.2, 0.25) is 0 Å². The van der Waals surface area contributed by atoms with E-state index in [4.69, 9.17) is 5.11 Å². The summed E-state index contributed by atoms with van der Waals surface area (Å²) < 4.78 is 88.8. The number of aliphatic hydroxyl groups excluding tert-OH is 1. The standard InChI is InChI=1S/C22H26.C5H9FO5S.C3H7FO4S.2C2H6.H2O/c1-19(2)20(3,4)22(6)17-13-9-7-11-15(17)21(19,5)16-12-8-10-14-18(16)22;1-4(7)11-3-5(2,6)12(8,9)10;1-3(4,2-5)9(6,7)8;2*1-2;/h7-14H,1-6H3;3H2,1-2H3,(H,8,9,10);5H,2H2,1H3,(H,6,7,8);2*1-2H3;1H2/p-2. The normalized spacial score (nSPS) is 23.2. The number of rotatable bonds is 5. The summed E-state index contributed by atoms with van der Waals surface area (Å²) in [5.74, 6) is -0.845. The van der Waals surface area contributed by atoms with Crippen molar-refractivity contribution < 1.29 is 54.8 Å². The monoisotopic (exact) mass is 724 g/mol. The van der Waals surface area contributed by atoms with Gasteiger partial charge >= 0.3 is 5.97 Å². The number of esters is 1. The first kappa shape index (κ1) is 47.6. The fraction of sp³-hybridized carbons (Fsp3) is 0.618. The zero-order chi connectivity index (χ0) is 37.7. The quantitative estimate of drug-likeness (QED) is 0.289. The highest BCUT2D eigenvalue weighted by molar-refractivity contribution is 7.87. The van der Waals surface area contributed by atoms with Gasteiger partial charge in [-0.1, -0.05) is 118 Å². The van der Waals surface area contributed by atoms with Crippen LogP contribution in [0.25, 0.3) is 0 Å². The van der Waals surface area contributed by atoms with E-state index >= 15 is 0 Å². The number of carbonyl (C=O) groups excluding carboxylic acids is 1. The molecule has 0 aromatic heterocycles. The molecule has 2 atom stereocenters. The molecular weight excluding hydrogens is 670 g/mol. The molecule has 0 heterocycles. The van der Waals surface area contributed by atoms with Crippen molar-refractivity contribution in [3.8, 4) is 0 Å². The average molecular weight is 725 g/mol. The van der Waals surface area contributed by atoms with E-state index in [0.29, 0.717) is 13.8 Å². The van der Waals surface area contributed by atoms with Crippen molar-refractivity contribution in [3.05, 3.63) is 70.8 Å². The maximum absolute atomic E-state index is 12.8. The number of ether oxygens (including phenoxy) is 1. The first-order valence-corrected chi connectivity index (χ1v) is 18.2. The Balaban J connectivity index is 0. The first-order valence-electron chi connectivity index (χ1n) is 15.4. The molecule has 278 valence electrons. The van der Waals surface area contributed by atoms with Crippen molar-refractivity contribution in [2.24, 2.45) is 10.8 Å². The van der Waals surface area contributed by atoms with Crippen LogP contribution in [0, 0.1) is 10.8 Å². The van der Waals surface area contributed by atoms with Gasteiger partial charge < -0.3 is 24.4 Å². The lowest BCUT2D eigenvalue weighted by atomic mass is 9.32. The minimum Gasteiger partial charge on any atom is -0.745 e. The van der Waals surface area contributed by atoms with Crippen LogP contribution < -0.4 is 0 Å². The number of alkyl halides is 2. The average Bonchev–Trinajstić information content (AvgIpc) is 2.99. The van der Waals surface area contributed by atoms with Crippen molar-refractivity contribution in [2.75, 3.05) is 13.2 Å². The number of aliphatic hydroxyl groups is 1. The molecule has 0 aliphatic heterocycles. The Hall–Kier alpha value is -2.49. The Kier molecular flexibility index (Phi) is 16.3. The number of hydrogen-bond acceptors (Lipinski definition) is 9. The summed E-state index contributed by atoms with van der Waals surface area (Å²) in [5, 5.41) is 1.87. The molecule has 2 aromatic carbocycles. The first-order chi connectivity index (χ1) is 21.2. The molecule has 0 amide bonds. The highest BCUT2D eigenvalue weighted by atomic mass is 32.2.